The Bertz CT molecular complexity index is 897. The molecule has 2 heterocycles. The summed E-state index contributed by atoms with van der Waals surface area (Å²) in [4.78, 5) is 43.5. The van der Waals surface area contributed by atoms with E-state index in [1.807, 2.05) is 11.2 Å². The number of hydrazine groups is 1. The number of hydrogen-bond acceptors (Lipinski definition) is 5. The van der Waals surface area contributed by atoms with Crippen LogP contribution in [0.15, 0.2) is 24.3 Å². The highest BCUT2D eigenvalue weighted by Gasteiger charge is 2.51. The number of hydrogen-bond donors (Lipinski definition) is 1. The van der Waals surface area contributed by atoms with Crippen LogP contribution in [-0.4, -0.2) is 88.1 Å². The minimum absolute atomic E-state index is 0.000449. The van der Waals surface area contributed by atoms with Crippen molar-refractivity contribution in [3.05, 3.63) is 30.1 Å². The largest absolute Gasteiger partial charge is 0.338 e. The van der Waals surface area contributed by atoms with Gasteiger partial charge in [0.05, 0.1) is 13.1 Å². The second kappa shape index (κ2) is 10.3. The summed E-state index contributed by atoms with van der Waals surface area (Å²) in [6.45, 7) is 0.283. The minimum atomic E-state index is -0.601. The van der Waals surface area contributed by atoms with Crippen molar-refractivity contribution < 1.29 is 18.8 Å². The summed E-state index contributed by atoms with van der Waals surface area (Å²) in [5, 5.41) is 5.86. The van der Waals surface area contributed by atoms with Crippen LogP contribution in [0.4, 0.5) is 14.9 Å². The molecule has 1 N–H and O–H groups in total. The van der Waals surface area contributed by atoms with Crippen molar-refractivity contribution >= 4 is 35.3 Å². The number of fused-ring (bicyclic) bond motifs is 1. The van der Waals surface area contributed by atoms with Crippen LogP contribution in [0.3, 0.4) is 0 Å². The highest BCUT2D eigenvalue weighted by molar-refractivity contribution is 7.98. The topological polar surface area (TPSA) is 76.2 Å². The third-order valence-corrected chi connectivity index (χ3v) is 7.43. The zero-order valence-electron chi connectivity index (χ0n) is 19.2. The van der Waals surface area contributed by atoms with Gasteiger partial charge in [0.15, 0.2) is 0 Å². The van der Waals surface area contributed by atoms with Crippen LogP contribution in [0.25, 0.3) is 0 Å². The molecule has 3 fully saturated rings. The Labute approximate surface area is 198 Å². The summed E-state index contributed by atoms with van der Waals surface area (Å²) in [7, 11) is 1.69. The molecule has 1 saturated carbocycles. The lowest BCUT2D eigenvalue weighted by Gasteiger charge is -2.55. The van der Waals surface area contributed by atoms with E-state index in [9.17, 15) is 18.8 Å². The van der Waals surface area contributed by atoms with Gasteiger partial charge in [-0.3, -0.25) is 9.59 Å². The molecule has 0 spiro atoms. The summed E-state index contributed by atoms with van der Waals surface area (Å²) in [5.41, 5.74) is 0.340. The smallest absolute Gasteiger partial charge is 0.334 e. The molecule has 0 radical (unpaired) electrons. The van der Waals surface area contributed by atoms with Gasteiger partial charge in [0.1, 0.15) is 18.0 Å². The van der Waals surface area contributed by atoms with Gasteiger partial charge in [-0.15, -0.1) is 0 Å². The summed E-state index contributed by atoms with van der Waals surface area (Å²) < 4.78 is 13.7. The Morgan fingerprint density at radius 1 is 1.21 bits per heavy atom. The second-order valence-corrected chi connectivity index (χ2v) is 9.95. The number of amides is 4. The average Bonchev–Trinajstić information content (AvgIpc) is 2.79. The molecule has 0 unspecified atom stereocenters. The van der Waals surface area contributed by atoms with Gasteiger partial charge in [-0.2, -0.15) is 11.8 Å². The van der Waals surface area contributed by atoms with Crippen LogP contribution in [0.1, 0.15) is 38.5 Å². The van der Waals surface area contributed by atoms with Gasteiger partial charge in [0.2, 0.25) is 11.8 Å². The lowest BCUT2D eigenvalue weighted by atomic mass is 9.92. The fourth-order valence-corrected chi connectivity index (χ4v) is 5.70. The number of benzene rings is 1. The van der Waals surface area contributed by atoms with E-state index in [4.69, 9.17) is 0 Å². The Hall–Kier alpha value is -2.33. The van der Waals surface area contributed by atoms with E-state index in [0.29, 0.717) is 12.1 Å². The number of rotatable bonds is 5. The number of halogens is 1. The molecule has 1 aliphatic carbocycles. The maximum Gasteiger partial charge on any atom is 0.338 e. The molecule has 2 saturated heterocycles. The van der Waals surface area contributed by atoms with E-state index in [0.717, 1.165) is 31.4 Å². The third-order valence-electron chi connectivity index (χ3n) is 6.78. The van der Waals surface area contributed by atoms with Gasteiger partial charge in [0.25, 0.3) is 0 Å². The van der Waals surface area contributed by atoms with Crippen molar-refractivity contribution in [2.45, 2.75) is 56.8 Å². The fourth-order valence-electron chi connectivity index (χ4n) is 5.24. The number of carbonyl (C=O) groups is 3. The monoisotopic (exact) mass is 477 g/mol. The van der Waals surface area contributed by atoms with Crippen molar-refractivity contribution in [2.24, 2.45) is 0 Å². The zero-order chi connectivity index (χ0) is 23.5. The van der Waals surface area contributed by atoms with Crippen molar-refractivity contribution in [3.63, 3.8) is 0 Å². The van der Waals surface area contributed by atoms with Crippen molar-refractivity contribution in [1.29, 1.82) is 0 Å². The second-order valence-electron chi connectivity index (χ2n) is 8.96. The minimum Gasteiger partial charge on any atom is -0.334 e. The molecular weight excluding hydrogens is 445 g/mol. The molecular formula is C23H32FN5O3S. The van der Waals surface area contributed by atoms with Gasteiger partial charge in [-0.25, -0.2) is 19.2 Å². The van der Waals surface area contributed by atoms with E-state index in [1.165, 1.54) is 29.6 Å². The normalized spacial score (nSPS) is 24.8. The lowest BCUT2D eigenvalue weighted by molar-refractivity contribution is -0.189. The number of thioether (sulfide) groups is 1. The molecule has 10 heteroatoms. The Balaban J connectivity index is 1.64. The quantitative estimate of drug-likeness (QED) is 0.706. The van der Waals surface area contributed by atoms with E-state index in [1.54, 1.807) is 34.8 Å². The number of urea groups is 1. The summed E-state index contributed by atoms with van der Waals surface area (Å²) in [5.74, 6) is 0.146. The van der Waals surface area contributed by atoms with Crippen molar-refractivity contribution in [2.75, 3.05) is 37.5 Å². The predicted octanol–water partition coefficient (Wildman–Crippen LogP) is 2.97. The van der Waals surface area contributed by atoms with E-state index >= 15 is 0 Å². The van der Waals surface area contributed by atoms with Crippen LogP contribution in [0.5, 0.6) is 0 Å². The third kappa shape index (κ3) is 4.96. The molecule has 1 aromatic rings. The van der Waals surface area contributed by atoms with E-state index < -0.39 is 24.1 Å². The molecule has 4 rings (SSSR count). The maximum atomic E-state index is 13.7. The average molecular weight is 478 g/mol. The summed E-state index contributed by atoms with van der Waals surface area (Å²) in [6, 6.07) is 4.83. The standard InChI is InChI=1S/C23H32FN5O3S/c1-26-15-21(30)28-19(11-12-33-2)22(31)27(18-9-4-3-5-10-18)14-20(28)29(26)23(32)25-17-8-6-7-16(24)13-17/h6-8,13,18-20H,3-5,9-12,14-15H2,1-2H3,(H,25,32)/t19-,20-/m0/s1. The van der Waals surface area contributed by atoms with Crippen LogP contribution in [-0.2, 0) is 9.59 Å². The van der Waals surface area contributed by atoms with Gasteiger partial charge >= 0.3 is 6.03 Å². The Morgan fingerprint density at radius 2 is 1.97 bits per heavy atom. The highest BCUT2D eigenvalue weighted by atomic mass is 32.2. The zero-order valence-corrected chi connectivity index (χ0v) is 20.0. The number of nitrogens with zero attached hydrogens (tertiary/aromatic N) is 4. The molecule has 1 aromatic carbocycles. The van der Waals surface area contributed by atoms with Crippen LogP contribution in [0, 0.1) is 5.82 Å². The molecule has 8 nitrogen and oxygen atoms in total. The molecule has 33 heavy (non-hydrogen) atoms. The van der Waals surface area contributed by atoms with Gasteiger partial charge < -0.3 is 15.1 Å². The number of anilines is 1. The molecule has 4 amide bonds. The number of carbonyl (C=O) groups excluding carboxylic acids is 3. The number of piperazine rings is 1. The molecule has 0 aromatic heterocycles. The first-order valence-electron chi connectivity index (χ1n) is 11.6. The number of likely N-dealkylation sites (N-methyl/N-ethyl adjacent to an activating group) is 1. The Morgan fingerprint density at radius 3 is 2.67 bits per heavy atom. The molecule has 2 atom stereocenters. The van der Waals surface area contributed by atoms with Crippen LogP contribution >= 0.6 is 11.8 Å². The number of nitrogens with one attached hydrogen (secondary N) is 1. The lowest BCUT2D eigenvalue weighted by Crippen LogP contribution is -2.76. The maximum absolute atomic E-state index is 13.7. The molecule has 2 aliphatic heterocycles. The van der Waals surface area contributed by atoms with E-state index in [-0.39, 0.29) is 30.9 Å². The first-order chi connectivity index (χ1) is 15.9. The van der Waals surface area contributed by atoms with Crippen LogP contribution in [0.2, 0.25) is 0 Å². The summed E-state index contributed by atoms with van der Waals surface area (Å²) >= 11 is 1.64. The summed E-state index contributed by atoms with van der Waals surface area (Å²) in [6.07, 6.45) is 7.18. The van der Waals surface area contributed by atoms with E-state index in [2.05, 4.69) is 5.32 Å². The Kier molecular flexibility index (Phi) is 7.43. The first-order valence-corrected chi connectivity index (χ1v) is 13.0. The van der Waals surface area contributed by atoms with Crippen LogP contribution < -0.4 is 5.32 Å². The van der Waals surface area contributed by atoms with Gasteiger partial charge in [0, 0.05) is 18.8 Å². The molecule has 3 aliphatic rings. The van der Waals surface area contributed by atoms with Gasteiger partial charge in [-0.1, -0.05) is 25.3 Å². The van der Waals surface area contributed by atoms with Crippen molar-refractivity contribution in [3.8, 4) is 0 Å². The molecule has 180 valence electrons. The fraction of sp³-hybridized carbons (Fsp3) is 0.609. The SMILES string of the molecule is CSCC[C@H]1C(=O)N(C2CCCCC2)C[C@H]2N1C(=O)CN(C)N2C(=O)Nc1cccc(F)c1. The van der Waals surface area contributed by atoms with Crippen molar-refractivity contribution in [1.82, 2.24) is 19.8 Å². The predicted molar refractivity (Wildman–Crippen MR) is 126 cm³/mol. The van der Waals surface area contributed by atoms with Gasteiger partial charge in [-0.05, 0) is 49.5 Å². The molecule has 0 bridgehead atoms. The first kappa shape index (κ1) is 23.8. The highest BCUT2D eigenvalue weighted by Crippen LogP contribution is 2.32.